The van der Waals surface area contributed by atoms with Crippen LogP contribution < -0.4 is 4.74 Å². The van der Waals surface area contributed by atoms with Crippen LogP contribution in [0.25, 0.3) is 44.5 Å². The molecule has 31 heavy (non-hydrogen) atoms. The van der Waals surface area contributed by atoms with Crippen LogP contribution in [-0.2, 0) is 0 Å². The third-order valence-corrected chi connectivity index (χ3v) is 6.23. The first-order valence-electron chi connectivity index (χ1n) is 11.2. The van der Waals surface area contributed by atoms with E-state index in [1.165, 1.54) is 32.4 Å². The minimum Gasteiger partial charge on any atom is -0.493 e. The summed E-state index contributed by atoms with van der Waals surface area (Å²) in [4.78, 5) is 14.2. The first-order valence-corrected chi connectivity index (χ1v) is 11.2. The Morgan fingerprint density at radius 1 is 0.968 bits per heavy atom. The number of hydrogen-bond donors (Lipinski definition) is 3. The smallest absolute Gasteiger partial charge is 0.158 e. The number of para-hydroxylation sites is 1. The van der Waals surface area contributed by atoms with Crippen molar-refractivity contribution in [2.45, 2.75) is 25.7 Å². The first kappa shape index (κ1) is 18.4. The van der Waals surface area contributed by atoms with Crippen molar-refractivity contribution < 1.29 is 4.74 Å². The maximum absolute atomic E-state index is 6.01. The lowest BCUT2D eigenvalue weighted by Crippen LogP contribution is -2.31. The van der Waals surface area contributed by atoms with Gasteiger partial charge >= 0.3 is 0 Å². The normalized spacial score (nSPS) is 15.4. The van der Waals surface area contributed by atoms with Crippen LogP contribution in [-0.4, -0.2) is 56.3 Å². The number of hydrogen-bond acceptors (Lipinski definition) is 4. The predicted octanol–water partition coefficient (Wildman–Crippen LogP) is 4.84. The molecule has 3 aromatic heterocycles. The molecule has 0 aliphatic carbocycles. The number of ether oxygens (including phenoxy) is 1. The van der Waals surface area contributed by atoms with Gasteiger partial charge in [0, 0.05) is 23.5 Å². The summed E-state index contributed by atoms with van der Waals surface area (Å²) in [5, 5.41) is 8.76. The molecule has 4 heterocycles. The van der Waals surface area contributed by atoms with Crippen molar-refractivity contribution in [3.63, 3.8) is 0 Å². The molecule has 0 spiro atoms. The number of imidazole rings is 1. The molecule has 0 radical (unpaired) electrons. The Bertz CT molecular complexity index is 1340. The largest absolute Gasteiger partial charge is 0.493 e. The topological polar surface area (TPSA) is 85.6 Å². The molecule has 7 nitrogen and oxygen atoms in total. The van der Waals surface area contributed by atoms with Crippen molar-refractivity contribution in [2.24, 2.45) is 0 Å². The zero-order chi connectivity index (χ0) is 20.6. The molecule has 6 rings (SSSR count). The predicted molar refractivity (Wildman–Crippen MR) is 123 cm³/mol. The quantitative estimate of drug-likeness (QED) is 0.347. The average molecular weight is 415 g/mol. The van der Waals surface area contributed by atoms with Gasteiger partial charge in [-0.3, -0.25) is 5.10 Å². The van der Waals surface area contributed by atoms with Gasteiger partial charge in [-0.2, -0.15) is 5.10 Å². The molecule has 2 aromatic carbocycles. The van der Waals surface area contributed by atoms with E-state index in [9.17, 15) is 0 Å². The van der Waals surface area contributed by atoms with Gasteiger partial charge in [0.15, 0.2) is 5.82 Å². The second-order valence-electron chi connectivity index (χ2n) is 8.36. The zero-order valence-corrected chi connectivity index (χ0v) is 17.4. The summed E-state index contributed by atoms with van der Waals surface area (Å²) in [6.07, 6.45) is 5.10. The Morgan fingerprint density at radius 3 is 2.81 bits per heavy atom. The molecule has 0 bridgehead atoms. The Hall–Kier alpha value is -3.32. The Balaban J connectivity index is 1.20. The number of aromatic amines is 3. The van der Waals surface area contributed by atoms with Crippen LogP contribution in [0.5, 0.6) is 5.75 Å². The highest BCUT2D eigenvalue weighted by atomic mass is 16.5. The van der Waals surface area contributed by atoms with E-state index in [0.717, 1.165) is 69.8 Å². The van der Waals surface area contributed by atoms with E-state index in [-0.39, 0.29) is 0 Å². The standard InChI is InChI=1S/C24H26N6O/c1-4-11-30(12-5-1)13-6-14-31-16-9-10-19-20(15-16)27-24(26-19)23-22-21(28-29-23)17-7-2-3-8-18(17)25-22/h2-3,7-10,15,25H,1,4-6,11-14H2,(H,26,27)(H,28,29). The maximum atomic E-state index is 6.01. The third-order valence-electron chi connectivity index (χ3n) is 6.23. The summed E-state index contributed by atoms with van der Waals surface area (Å²) in [5.74, 6) is 1.65. The molecule has 7 heteroatoms. The van der Waals surface area contributed by atoms with Crippen LogP contribution >= 0.6 is 0 Å². The number of nitrogens with one attached hydrogen (secondary N) is 3. The van der Waals surface area contributed by atoms with E-state index in [1.807, 2.05) is 30.3 Å². The van der Waals surface area contributed by atoms with Crippen molar-refractivity contribution in [3.05, 3.63) is 42.5 Å². The van der Waals surface area contributed by atoms with Crippen LogP contribution in [0.2, 0.25) is 0 Å². The Kier molecular flexibility index (Phi) is 4.61. The number of nitrogens with zero attached hydrogens (tertiary/aromatic N) is 3. The minimum absolute atomic E-state index is 0.735. The highest BCUT2D eigenvalue weighted by Crippen LogP contribution is 2.31. The first-order chi connectivity index (χ1) is 15.3. The van der Waals surface area contributed by atoms with Gasteiger partial charge in [0.2, 0.25) is 0 Å². The van der Waals surface area contributed by atoms with E-state index in [4.69, 9.17) is 9.72 Å². The average Bonchev–Trinajstić information content (AvgIpc) is 3.50. The van der Waals surface area contributed by atoms with Gasteiger partial charge in [-0.25, -0.2) is 4.98 Å². The van der Waals surface area contributed by atoms with Gasteiger partial charge in [0.05, 0.1) is 23.2 Å². The Labute approximate surface area is 179 Å². The fraction of sp³-hybridized carbons (Fsp3) is 0.333. The fourth-order valence-corrected chi connectivity index (χ4v) is 4.62. The summed E-state index contributed by atoms with van der Waals surface area (Å²) in [6, 6.07) is 14.2. The van der Waals surface area contributed by atoms with Crippen LogP contribution in [0.15, 0.2) is 42.5 Å². The maximum Gasteiger partial charge on any atom is 0.158 e. The molecule has 0 saturated carbocycles. The summed E-state index contributed by atoms with van der Waals surface area (Å²) in [7, 11) is 0. The molecule has 1 aliphatic heterocycles. The zero-order valence-electron chi connectivity index (χ0n) is 17.4. The van der Waals surface area contributed by atoms with Gasteiger partial charge in [-0.05, 0) is 50.6 Å². The minimum atomic E-state index is 0.735. The van der Waals surface area contributed by atoms with Gasteiger partial charge < -0.3 is 19.6 Å². The van der Waals surface area contributed by atoms with Crippen molar-refractivity contribution in [1.82, 2.24) is 30.0 Å². The SMILES string of the molecule is c1ccc2c(c1)[nH]c1c(-c3nc4ccc(OCCCN5CCCCC5)cc4[nH]3)[nH]nc12. The lowest BCUT2D eigenvalue weighted by atomic mass is 10.1. The van der Waals surface area contributed by atoms with Gasteiger partial charge in [0.1, 0.15) is 17.0 Å². The summed E-state index contributed by atoms with van der Waals surface area (Å²) in [5.41, 5.74) is 5.72. The molecule has 0 amide bonds. The van der Waals surface area contributed by atoms with Crippen LogP contribution in [0.1, 0.15) is 25.7 Å². The van der Waals surface area contributed by atoms with E-state index >= 15 is 0 Å². The van der Waals surface area contributed by atoms with E-state index in [2.05, 4.69) is 37.2 Å². The molecule has 1 saturated heterocycles. The summed E-state index contributed by atoms with van der Waals surface area (Å²) < 4.78 is 6.01. The lowest BCUT2D eigenvalue weighted by Gasteiger charge is -2.26. The highest BCUT2D eigenvalue weighted by molar-refractivity contribution is 6.08. The molecule has 3 N–H and O–H groups in total. The number of H-pyrrole nitrogens is 3. The molecule has 1 fully saturated rings. The number of fused-ring (bicyclic) bond motifs is 4. The molecule has 5 aromatic rings. The van der Waals surface area contributed by atoms with Crippen LogP contribution in [0.4, 0.5) is 0 Å². The number of piperidine rings is 1. The molecule has 1 aliphatic rings. The molecule has 0 unspecified atom stereocenters. The lowest BCUT2D eigenvalue weighted by molar-refractivity contribution is 0.205. The summed E-state index contributed by atoms with van der Waals surface area (Å²) >= 11 is 0. The van der Waals surface area contributed by atoms with Gasteiger partial charge in [0.25, 0.3) is 0 Å². The summed E-state index contributed by atoms with van der Waals surface area (Å²) in [6.45, 7) is 4.33. The van der Waals surface area contributed by atoms with Crippen molar-refractivity contribution >= 4 is 33.0 Å². The van der Waals surface area contributed by atoms with Crippen LogP contribution in [0.3, 0.4) is 0 Å². The monoisotopic (exact) mass is 414 g/mol. The van der Waals surface area contributed by atoms with E-state index in [1.54, 1.807) is 0 Å². The number of rotatable bonds is 6. The number of aromatic nitrogens is 5. The van der Waals surface area contributed by atoms with Crippen molar-refractivity contribution in [1.29, 1.82) is 0 Å². The molecule has 158 valence electrons. The van der Waals surface area contributed by atoms with E-state index < -0.39 is 0 Å². The molecule has 0 atom stereocenters. The Morgan fingerprint density at radius 2 is 1.87 bits per heavy atom. The second kappa shape index (κ2) is 7.74. The van der Waals surface area contributed by atoms with E-state index in [0.29, 0.717) is 0 Å². The van der Waals surface area contributed by atoms with Gasteiger partial charge in [-0.1, -0.05) is 24.6 Å². The van der Waals surface area contributed by atoms with Crippen molar-refractivity contribution in [2.75, 3.05) is 26.2 Å². The van der Waals surface area contributed by atoms with Gasteiger partial charge in [-0.15, -0.1) is 0 Å². The molecular formula is C24H26N6O. The molecular weight excluding hydrogens is 388 g/mol. The second-order valence-corrected chi connectivity index (χ2v) is 8.36. The number of benzene rings is 2. The number of likely N-dealkylation sites (tertiary alicyclic amines) is 1. The van der Waals surface area contributed by atoms with Crippen molar-refractivity contribution in [3.8, 4) is 17.3 Å². The third kappa shape index (κ3) is 3.45. The van der Waals surface area contributed by atoms with Crippen LogP contribution in [0, 0.1) is 0 Å². The fourth-order valence-electron chi connectivity index (χ4n) is 4.62. The highest BCUT2D eigenvalue weighted by Gasteiger charge is 2.16.